The van der Waals surface area contributed by atoms with E-state index in [9.17, 15) is 4.79 Å². The molecule has 0 radical (unpaired) electrons. The van der Waals surface area contributed by atoms with Gasteiger partial charge < -0.3 is 20.5 Å². The third-order valence-electron chi connectivity index (χ3n) is 3.57. The number of hydrogen-bond acceptors (Lipinski definition) is 4. The lowest BCUT2D eigenvalue weighted by Gasteiger charge is -2.18. The van der Waals surface area contributed by atoms with Crippen molar-refractivity contribution in [3.8, 4) is 11.5 Å². The molecular weight excluding hydrogens is 304 g/mol. The highest BCUT2D eigenvalue weighted by Gasteiger charge is 2.14. The van der Waals surface area contributed by atoms with Crippen LogP contribution in [0.3, 0.4) is 0 Å². The summed E-state index contributed by atoms with van der Waals surface area (Å²) in [6.45, 7) is 5.85. The van der Waals surface area contributed by atoms with E-state index in [1.807, 2.05) is 39.0 Å². The van der Waals surface area contributed by atoms with E-state index in [4.69, 9.17) is 15.2 Å². The maximum atomic E-state index is 12.3. The van der Waals surface area contributed by atoms with Crippen molar-refractivity contribution in [3.63, 3.8) is 0 Å². The lowest BCUT2D eigenvalue weighted by atomic mass is 10.1. The molecule has 5 nitrogen and oxygen atoms in total. The number of anilines is 1. The Morgan fingerprint density at radius 1 is 1.04 bits per heavy atom. The van der Waals surface area contributed by atoms with Crippen LogP contribution in [-0.2, 0) is 0 Å². The normalized spacial score (nSPS) is 11.9. The lowest BCUT2D eigenvalue weighted by molar-refractivity contribution is 0.0940. The predicted molar refractivity (Wildman–Crippen MR) is 95.5 cm³/mol. The number of carbonyl (C=O) groups is 1. The number of ether oxygens (including phenoxy) is 2. The summed E-state index contributed by atoms with van der Waals surface area (Å²) < 4.78 is 11.1. The van der Waals surface area contributed by atoms with Gasteiger partial charge in [0.15, 0.2) is 11.5 Å². The standard InChI is InChI=1S/C19H24N2O3/c1-12(2)24-17-10-7-15(11-18(17)23-4)13(3)21-19(22)14-5-8-16(20)9-6-14/h5-13H,20H2,1-4H3,(H,21,22). The largest absolute Gasteiger partial charge is 0.493 e. The van der Waals surface area contributed by atoms with E-state index in [2.05, 4.69) is 5.32 Å². The molecule has 5 heteroatoms. The Morgan fingerprint density at radius 3 is 2.29 bits per heavy atom. The number of methoxy groups -OCH3 is 1. The molecule has 0 heterocycles. The zero-order chi connectivity index (χ0) is 17.7. The number of nitrogen functional groups attached to an aromatic ring is 1. The number of nitrogens with one attached hydrogen (secondary N) is 1. The average Bonchev–Trinajstić information content (AvgIpc) is 2.55. The van der Waals surface area contributed by atoms with Gasteiger partial charge in [-0.2, -0.15) is 0 Å². The summed E-state index contributed by atoms with van der Waals surface area (Å²) in [4.78, 5) is 12.3. The number of carbonyl (C=O) groups excluding carboxylic acids is 1. The molecule has 1 unspecified atom stereocenters. The van der Waals surface area contributed by atoms with Crippen LogP contribution in [0, 0.1) is 0 Å². The first-order valence-corrected chi connectivity index (χ1v) is 7.91. The van der Waals surface area contributed by atoms with E-state index >= 15 is 0 Å². The molecule has 1 amide bonds. The fourth-order valence-electron chi connectivity index (χ4n) is 2.30. The van der Waals surface area contributed by atoms with Crippen LogP contribution < -0.4 is 20.5 Å². The Kier molecular flexibility index (Phi) is 5.68. The van der Waals surface area contributed by atoms with E-state index in [1.165, 1.54) is 0 Å². The Labute approximate surface area is 142 Å². The van der Waals surface area contributed by atoms with Crippen LogP contribution in [0.4, 0.5) is 5.69 Å². The Hall–Kier alpha value is -2.69. The molecule has 2 rings (SSSR count). The molecule has 0 aromatic heterocycles. The van der Waals surface area contributed by atoms with Crippen LogP contribution in [-0.4, -0.2) is 19.1 Å². The minimum absolute atomic E-state index is 0.0624. The highest BCUT2D eigenvalue weighted by Crippen LogP contribution is 2.31. The summed E-state index contributed by atoms with van der Waals surface area (Å²) in [7, 11) is 1.60. The summed E-state index contributed by atoms with van der Waals surface area (Å²) >= 11 is 0. The van der Waals surface area contributed by atoms with Crippen molar-refractivity contribution in [2.24, 2.45) is 0 Å². The SMILES string of the molecule is COc1cc(C(C)NC(=O)c2ccc(N)cc2)ccc1OC(C)C. The monoisotopic (exact) mass is 328 g/mol. The van der Waals surface area contributed by atoms with Gasteiger partial charge in [-0.15, -0.1) is 0 Å². The fourth-order valence-corrected chi connectivity index (χ4v) is 2.30. The van der Waals surface area contributed by atoms with E-state index in [0.29, 0.717) is 22.7 Å². The molecule has 128 valence electrons. The van der Waals surface area contributed by atoms with E-state index in [1.54, 1.807) is 31.4 Å². The fraction of sp³-hybridized carbons (Fsp3) is 0.316. The minimum atomic E-state index is -0.169. The molecule has 0 saturated carbocycles. The van der Waals surface area contributed by atoms with Gasteiger partial charge in [0.2, 0.25) is 0 Å². The van der Waals surface area contributed by atoms with Crippen molar-refractivity contribution in [3.05, 3.63) is 53.6 Å². The molecule has 0 saturated heterocycles. The molecule has 0 fully saturated rings. The van der Waals surface area contributed by atoms with E-state index < -0.39 is 0 Å². The van der Waals surface area contributed by atoms with Crippen molar-refractivity contribution in [2.75, 3.05) is 12.8 Å². The molecule has 2 aromatic carbocycles. The summed E-state index contributed by atoms with van der Waals surface area (Å²) in [5.74, 6) is 1.19. The van der Waals surface area contributed by atoms with Crippen molar-refractivity contribution in [1.29, 1.82) is 0 Å². The number of amides is 1. The maximum absolute atomic E-state index is 12.3. The first-order valence-electron chi connectivity index (χ1n) is 7.91. The van der Waals surface area contributed by atoms with Gasteiger partial charge in [0.25, 0.3) is 5.91 Å². The van der Waals surface area contributed by atoms with Gasteiger partial charge >= 0.3 is 0 Å². The van der Waals surface area contributed by atoms with Crippen LogP contribution in [0.2, 0.25) is 0 Å². The van der Waals surface area contributed by atoms with Crippen LogP contribution in [0.25, 0.3) is 0 Å². The van der Waals surface area contributed by atoms with Gasteiger partial charge in [-0.25, -0.2) is 0 Å². The molecule has 0 bridgehead atoms. The summed E-state index contributed by atoms with van der Waals surface area (Å²) in [5.41, 5.74) is 7.78. The minimum Gasteiger partial charge on any atom is -0.493 e. The number of benzene rings is 2. The highest BCUT2D eigenvalue weighted by atomic mass is 16.5. The highest BCUT2D eigenvalue weighted by molar-refractivity contribution is 5.94. The molecule has 0 spiro atoms. The molecule has 0 aliphatic rings. The van der Waals surface area contributed by atoms with E-state index in [0.717, 1.165) is 5.56 Å². The van der Waals surface area contributed by atoms with Crippen molar-refractivity contribution in [2.45, 2.75) is 32.9 Å². The quantitative estimate of drug-likeness (QED) is 0.795. The van der Waals surface area contributed by atoms with Gasteiger partial charge in [0.1, 0.15) is 0 Å². The second kappa shape index (κ2) is 7.73. The second-order valence-electron chi connectivity index (χ2n) is 5.89. The maximum Gasteiger partial charge on any atom is 0.251 e. The van der Waals surface area contributed by atoms with Crippen LogP contribution in [0.5, 0.6) is 11.5 Å². The van der Waals surface area contributed by atoms with Crippen molar-refractivity contribution >= 4 is 11.6 Å². The molecule has 2 aromatic rings. The predicted octanol–water partition coefficient (Wildman–Crippen LogP) is 3.56. The number of hydrogen-bond donors (Lipinski definition) is 2. The van der Waals surface area contributed by atoms with E-state index in [-0.39, 0.29) is 18.1 Å². The number of rotatable bonds is 6. The summed E-state index contributed by atoms with van der Waals surface area (Å²) in [6.07, 6.45) is 0.0624. The average molecular weight is 328 g/mol. The molecule has 24 heavy (non-hydrogen) atoms. The topological polar surface area (TPSA) is 73.6 Å². The lowest BCUT2D eigenvalue weighted by Crippen LogP contribution is -2.26. The molecule has 1 atom stereocenters. The molecule has 3 N–H and O–H groups in total. The van der Waals surface area contributed by atoms with Crippen LogP contribution in [0.15, 0.2) is 42.5 Å². The van der Waals surface area contributed by atoms with Crippen LogP contribution in [0.1, 0.15) is 42.7 Å². The molecular formula is C19H24N2O3. The smallest absolute Gasteiger partial charge is 0.251 e. The Morgan fingerprint density at radius 2 is 1.71 bits per heavy atom. The molecule has 0 aliphatic heterocycles. The van der Waals surface area contributed by atoms with Crippen molar-refractivity contribution in [1.82, 2.24) is 5.32 Å². The molecule has 0 aliphatic carbocycles. The first-order chi connectivity index (χ1) is 11.4. The van der Waals surface area contributed by atoms with Gasteiger partial charge in [-0.1, -0.05) is 6.07 Å². The zero-order valence-corrected chi connectivity index (χ0v) is 14.5. The van der Waals surface area contributed by atoms with Gasteiger partial charge in [0.05, 0.1) is 19.3 Å². The van der Waals surface area contributed by atoms with Crippen molar-refractivity contribution < 1.29 is 14.3 Å². The summed E-state index contributed by atoms with van der Waals surface area (Å²) in [6, 6.07) is 12.3. The Balaban J connectivity index is 2.12. The van der Waals surface area contributed by atoms with Gasteiger partial charge in [-0.3, -0.25) is 4.79 Å². The Bertz CT molecular complexity index is 696. The second-order valence-corrected chi connectivity index (χ2v) is 5.89. The van der Waals surface area contributed by atoms with Crippen LogP contribution >= 0.6 is 0 Å². The first kappa shape index (κ1) is 17.7. The zero-order valence-electron chi connectivity index (χ0n) is 14.5. The third kappa shape index (κ3) is 4.41. The summed E-state index contributed by atoms with van der Waals surface area (Å²) in [5, 5.41) is 2.97. The van der Waals surface area contributed by atoms with Gasteiger partial charge in [0, 0.05) is 11.3 Å². The third-order valence-corrected chi connectivity index (χ3v) is 3.57. The van der Waals surface area contributed by atoms with Gasteiger partial charge in [-0.05, 0) is 62.7 Å². The number of nitrogens with two attached hydrogens (primary N) is 1.